The first-order chi connectivity index (χ1) is 7.18. The molecule has 15 heavy (non-hydrogen) atoms. The topological polar surface area (TPSA) is 59.1 Å². The molecule has 1 fully saturated rings. The van der Waals surface area contributed by atoms with Crippen LogP contribution in [0.4, 0.5) is 0 Å². The summed E-state index contributed by atoms with van der Waals surface area (Å²) in [7, 11) is -3.15. The number of hydrogen-bond donors (Lipinski definition) is 1. The van der Waals surface area contributed by atoms with Crippen LogP contribution in [-0.2, 0) is 9.84 Å². The molecule has 0 unspecified atom stereocenters. The number of aromatic nitrogens is 1. The van der Waals surface area contributed by atoms with Crippen molar-refractivity contribution in [1.82, 2.24) is 10.3 Å². The summed E-state index contributed by atoms with van der Waals surface area (Å²) < 4.78 is 23.8. The van der Waals surface area contributed by atoms with Crippen molar-refractivity contribution in [1.29, 1.82) is 0 Å². The lowest BCUT2D eigenvalue weighted by atomic mass is 10.3. The molecule has 1 saturated heterocycles. The van der Waals surface area contributed by atoms with Gasteiger partial charge in [0.1, 0.15) is 0 Å². The zero-order valence-electron chi connectivity index (χ0n) is 8.39. The first-order valence-corrected chi connectivity index (χ1v) is 6.70. The van der Waals surface area contributed by atoms with E-state index in [-0.39, 0.29) is 11.8 Å². The van der Waals surface area contributed by atoms with Gasteiger partial charge >= 0.3 is 0 Å². The Balaban J connectivity index is 2.13. The summed E-state index contributed by atoms with van der Waals surface area (Å²) in [5.74, 6) is 0.191. The van der Waals surface area contributed by atoms with Crippen LogP contribution < -0.4 is 5.32 Å². The Morgan fingerprint density at radius 1 is 1.40 bits per heavy atom. The molecule has 0 amide bonds. The van der Waals surface area contributed by atoms with Gasteiger partial charge in [0.25, 0.3) is 0 Å². The lowest BCUT2D eigenvalue weighted by molar-refractivity contribution is 0.577. The molecule has 1 aromatic heterocycles. The molecule has 1 aromatic rings. The summed E-state index contributed by atoms with van der Waals surface area (Å²) in [6.07, 6.45) is 5.03. The molecule has 1 atom stereocenters. The maximum atomic E-state index is 11.9. The molecule has 1 aliphatic rings. The van der Waals surface area contributed by atoms with E-state index in [1.54, 1.807) is 12.1 Å². The van der Waals surface area contributed by atoms with E-state index in [0.29, 0.717) is 4.90 Å². The maximum Gasteiger partial charge on any atom is 0.180 e. The number of rotatable bonds is 3. The van der Waals surface area contributed by atoms with Crippen LogP contribution in [0.1, 0.15) is 12.8 Å². The molecule has 0 radical (unpaired) electrons. The van der Waals surface area contributed by atoms with E-state index < -0.39 is 9.84 Å². The molecular formula is C10H14N2O2S. The third-order valence-corrected chi connectivity index (χ3v) is 4.42. The second-order valence-corrected chi connectivity index (χ2v) is 5.79. The molecule has 5 heteroatoms. The molecule has 0 bridgehead atoms. The Morgan fingerprint density at radius 3 is 2.73 bits per heavy atom. The minimum absolute atomic E-state index is 0.114. The predicted octanol–water partition coefficient (Wildman–Crippen LogP) is 0.607. The van der Waals surface area contributed by atoms with Crippen molar-refractivity contribution >= 4 is 9.84 Å². The summed E-state index contributed by atoms with van der Waals surface area (Å²) in [6, 6.07) is 3.21. The summed E-state index contributed by atoms with van der Waals surface area (Å²) in [5, 5.41) is 3.19. The van der Waals surface area contributed by atoms with Gasteiger partial charge in [0.15, 0.2) is 9.84 Å². The van der Waals surface area contributed by atoms with Gasteiger partial charge in [0.2, 0.25) is 0 Å². The van der Waals surface area contributed by atoms with Crippen molar-refractivity contribution in [2.45, 2.75) is 23.8 Å². The van der Waals surface area contributed by atoms with Crippen LogP contribution in [0.2, 0.25) is 0 Å². The number of nitrogens with zero attached hydrogens (tertiary/aromatic N) is 1. The Bertz CT molecular complexity index is 410. The smallest absolute Gasteiger partial charge is 0.180 e. The van der Waals surface area contributed by atoms with Crippen LogP contribution in [0.3, 0.4) is 0 Å². The minimum Gasteiger partial charge on any atom is -0.313 e. The van der Waals surface area contributed by atoms with Crippen molar-refractivity contribution in [2.24, 2.45) is 0 Å². The van der Waals surface area contributed by atoms with Crippen LogP contribution in [0.5, 0.6) is 0 Å². The molecule has 0 spiro atoms. The van der Waals surface area contributed by atoms with E-state index in [0.717, 1.165) is 19.4 Å². The van der Waals surface area contributed by atoms with Crippen molar-refractivity contribution in [3.8, 4) is 0 Å². The van der Waals surface area contributed by atoms with Crippen LogP contribution in [0.15, 0.2) is 29.4 Å². The average molecular weight is 226 g/mol. The van der Waals surface area contributed by atoms with Crippen LogP contribution in [0, 0.1) is 0 Å². The van der Waals surface area contributed by atoms with Crippen LogP contribution in [-0.4, -0.2) is 31.7 Å². The number of pyridine rings is 1. The molecule has 2 heterocycles. The Morgan fingerprint density at radius 2 is 2.13 bits per heavy atom. The monoisotopic (exact) mass is 226 g/mol. The summed E-state index contributed by atoms with van der Waals surface area (Å²) in [5.41, 5.74) is 0. The van der Waals surface area contributed by atoms with Gasteiger partial charge in [-0.05, 0) is 31.5 Å². The Kier molecular flexibility index (Phi) is 3.02. The molecule has 0 saturated carbocycles. The highest BCUT2D eigenvalue weighted by Crippen LogP contribution is 2.14. The van der Waals surface area contributed by atoms with Gasteiger partial charge in [0, 0.05) is 18.4 Å². The fourth-order valence-corrected chi connectivity index (χ4v) is 3.35. The van der Waals surface area contributed by atoms with Crippen LogP contribution >= 0.6 is 0 Å². The van der Waals surface area contributed by atoms with Gasteiger partial charge in [0.05, 0.1) is 10.6 Å². The van der Waals surface area contributed by atoms with Gasteiger partial charge < -0.3 is 5.32 Å². The molecular weight excluding hydrogens is 212 g/mol. The molecule has 2 rings (SSSR count). The van der Waals surface area contributed by atoms with E-state index in [1.807, 2.05) is 0 Å². The van der Waals surface area contributed by atoms with Crippen molar-refractivity contribution in [2.75, 3.05) is 12.3 Å². The third-order valence-electron chi connectivity index (χ3n) is 2.59. The molecule has 1 N–H and O–H groups in total. The lowest BCUT2D eigenvalue weighted by Crippen LogP contribution is -2.29. The predicted molar refractivity (Wildman–Crippen MR) is 57.3 cm³/mol. The summed E-state index contributed by atoms with van der Waals surface area (Å²) in [6.45, 7) is 0.927. The van der Waals surface area contributed by atoms with Crippen molar-refractivity contribution in [3.05, 3.63) is 24.5 Å². The Labute approximate surface area is 89.6 Å². The zero-order valence-corrected chi connectivity index (χ0v) is 9.20. The largest absolute Gasteiger partial charge is 0.313 e. The molecule has 4 nitrogen and oxygen atoms in total. The second kappa shape index (κ2) is 4.28. The highest BCUT2D eigenvalue weighted by atomic mass is 32.2. The van der Waals surface area contributed by atoms with Crippen LogP contribution in [0.25, 0.3) is 0 Å². The van der Waals surface area contributed by atoms with Crippen molar-refractivity contribution < 1.29 is 8.42 Å². The SMILES string of the molecule is O=S(=O)(C[C@@H]1CCCN1)c1ccncc1. The summed E-state index contributed by atoms with van der Waals surface area (Å²) in [4.78, 5) is 4.18. The minimum atomic E-state index is -3.15. The van der Waals surface area contributed by atoms with E-state index >= 15 is 0 Å². The van der Waals surface area contributed by atoms with Gasteiger partial charge in [-0.25, -0.2) is 8.42 Å². The number of nitrogens with one attached hydrogen (secondary N) is 1. The third kappa shape index (κ3) is 2.54. The standard InChI is InChI=1S/C10H14N2O2S/c13-15(14,8-9-2-1-5-12-9)10-3-6-11-7-4-10/h3-4,6-7,9,12H,1-2,5,8H2/t9-/m0/s1. The highest BCUT2D eigenvalue weighted by molar-refractivity contribution is 7.91. The zero-order chi connectivity index (χ0) is 10.7. The van der Waals surface area contributed by atoms with Gasteiger partial charge in [-0.15, -0.1) is 0 Å². The first kappa shape index (κ1) is 10.6. The molecule has 82 valence electrons. The Hall–Kier alpha value is -0.940. The van der Waals surface area contributed by atoms with Gasteiger partial charge in [-0.2, -0.15) is 0 Å². The van der Waals surface area contributed by atoms with E-state index in [4.69, 9.17) is 0 Å². The van der Waals surface area contributed by atoms with Gasteiger partial charge in [-0.1, -0.05) is 0 Å². The fourth-order valence-electron chi connectivity index (χ4n) is 1.81. The lowest BCUT2D eigenvalue weighted by Gasteiger charge is -2.10. The van der Waals surface area contributed by atoms with Gasteiger partial charge in [-0.3, -0.25) is 4.98 Å². The fraction of sp³-hybridized carbons (Fsp3) is 0.500. The van der Waals surface area contributed by atoms with Crippen molar-refractivity contribution in [3.63, 3.8) is 0 Å². The van der Waals surface area contributed by atoms with E-state index in [1.165, 1.54) is 12.4 Å². The van der Waals surface area contributed by atoms with E-state index in [2.05, 4.69) is 10.3 Å². The van der Waals surface area contributed by atoms with E-state index in [9.17, 15) is 8.42 Å². The summed E-state index contributed by atoms with van der Waals surface area (Å²) >= 11 is 0. The maximum absolute atomic E-state index is 11.9. The second-order valence-electron chi connectivity index (χ2n) is 3.76. The number of sulfone groups is 1. The average Bonchev–Trinajstić information content (AvgIpc) is 2.71. The normalized spacial score (nSPS) is 21.7. The molecule has 0 aromatic carbocycles. The molecule has 0 aliphatic carbocycles. The molecule has 1 aliphatic heterocycles. The quantitative estimate of drug-likeness (QED) is 0.820. The number of hydrogen-bond acceptors (Lipinski definition) is 4. The first-order valence-electron chi connectivity index (χ1n) is 5.05. The highest BCUT2D eigenvalue weighted by Gasteiger charge is 2.23.